The van der Waals surface area contributed by atoms with Crippen LogP contribution in [0.25, 0.3) is 0 Å². The molecule has 106 valence electrons. The Morgan fingerprint density at radius 2 is 2.26 bits per heavy atom. The molecule has 0 atom stereocenters. The third-order valence-corrected chi connectivity index (χ3v) is 4.67. The summed E-state index contributed by atoms with van der Waals surface area (Å²) in [6, 6.07) is 1.50. The molecule has 2 rings (SSSR count). The molecule has 19 heavy (non-hydrogen) atoms. The highest BCUT2D eigenvalue weighted by Gasteiger charge is 2.20. The van der Waals surface area contributed by atoms with E-state index in [1.807, 2.05) is 10.3 Å². The van der Waals surface area contributed by atoms with Gasteiger partial charge in [0.1, 0.15) is 0 Å². The maximum Gasteiger partial charge on any atom is 0.287 e. The summed E-state index contributed by atoms with van der Waals surface area (Å²) in [5.41, 5.74) is 2.08. The second-order valence-corrected chi connectivity index (χ2v) is 6.74. The minimum absolute atomic E-state index is 0.111. The first-order chi connectivity index (χ1) is 9.00. The van der Waals surface area contributed by atoms with Crippen molar-refractivity contribution < 1.29 is 17.7 Å². The highest BCUT2D eigenvalue weighted by molar-refractivity contribution is 7.91. The number of hydrogen-bond donors (Lipinski definition) is 2. The Morgan fingerprint density at radius 1 is 1.47 bits per heavy atom. The maximum absolute atomic E-state index is 11.5. The van der Waals surface area contributed by atoms with Crippen LogP contribution in [0.2, 0.25) is 0 Å². The molecule has 0 saturated carbocycles. The predicted molar refractivity (Wildman–Crippen MR) is 66.7 cm³/mol. The normalized spacial score (nSPS) is 19.8. The van der Waals surface area contributed by atoms with Crippen LogP contribution in [0.15, 0.2) is 10.6 Å². The van der Waals surface area contributed by atoms with Crippen LogP contribution in [0.5, 0.6) is 0 Å². The first-order valence-electron chi connectivity index (χ1n) is 5.89. The van der Waals surface area contributed by atoms with Crippen molar-refractivity contribution in [3.05, 3.63) is 17.5 Å². The summed E-state index contributed by atoms with van der Waals surface area (Å²) in [4.78, 5) is 13.2. The lowest BCUT2D eigenvalue weighted by Crippen LogP contribution is -2.30. The Bertz CT molecular complexity index is 554. The number of sulfone groups is 1. The highest BCUT2D eigenvalue weighted by Crippen LogP contribution is 2.11. The van der Waals surface area contributed by atoms with Crippen molar-refractivity contribution in [1.29, 1.82) is 0 Å². The lowest BCUT2D eigenvalue weighted by molar-refractivity contribution is 0.0944. The number of nitrogen functional groups attached to an aromatic ring is 1. The third kappa shape index (κ3) is 3.75. The van der Waals surface area contributed by atoms with Crippen molar-refractivity contribution in [2.24, 2.45) is 5.84 Å². The quantitative estimate of drug-likeness (QED) is 0.411. The summed E-state index contributed by atoms with van der Waals surface area (Å²) in [5, 5.41) is 3.59. The lowest BCUT2D eigenvalue weighted by atomic mass is 10.3. The van der Waals surface area contributed by atoms with Crippen LogP contribution >= 0.6 is 0 Å². The molecule has 1 aromatic heterocycles. The topological polar surface area (TPSA) is 119 Å². The van der Waals surface area contributed by atoms with Crippen LogP contribution < -0.4 is 11.3 Å². The molecule has 0 spiro atoms. The third-order valence-electron chi connectivity index (χ3n) is 2.95. The van der Waals surface area contributed by atoms with E-state index < -0.39 is 15.7 Å². The minimum Gasteiger partial charge on any atom is -0.359 e. The average molecular weight is 288 g/mol. The van der Waals surface area contributed by atoms with E-state index in [1.165, 1.54) is 6.07 Å². The van der Waals surface area contributed by atoms with Crippen LogP contribution in [0.3, 0.4) is 0 Å². The molecule has 0 aromatic carbocycles. The van der Waals surface area contributed by atoms with E-state index in [-0.39, 0.29) is 17.2 Å². The van der Waals surface area contributed by atoms with E-state index in [0.717, 1.165) is 0 Å². The smallest absolute Gasteiger partial charge is 0.287 e. The Kier molecular flexibility index (Phi) is 4.17. The zero-order chi connectivity index (χ0) is 13.9. The summed E-state index contributed by atoms with van der Waals surface area (Å²) >= 11 is 0. The average Bonchev–Trinajstić information content (AvgIpc) is 2.76. The van der Waals surface area contributed by atoms with Crippen LogP contribution in [0.1, 0.15) is 22.7 Å². The van der Waals surface area contributed by atoms with Gasteiger partial charge in [0.25, 0.3) is 5.91 Å². The van der Waals surface area contributed by atoms with Gasteiger partial charge in [0.05, 0.1) is 18.1 Å². The Labute approximate surface area is 110 Å². The molecule has 1 amide bonds. The SMILES string of the molecule is NNC(=O)c1cc(CN2CCCS(=O)(=O)CC2)on1. The van der Waals surface area contributed by atoms with Crippen LogP contribution in [-0.4, -0.2) is 49.0 Å². The van der Waals surface area contributed by atoms with Crippen molar-refractivity contribution in [2.45, 2.75) is 13.0 Å². The molecule has 1 fully saturated rings. The van der Waals surface area contributed by atoms with Gasteiger partial charge in [-0.2, -0.15) is 0 Å². The van der Waals surface area contributed by atoms with Crippen molar-refractivity contribution in [3.63, 3.8) is 0 Å². The largest absolute Gasteiger partial charge is 0.359 e. The molecule has 9 heteroatoms. The molecule has 0 bridgehead atoms. The van der Waals surface area contributed by atoms with Crippen LogP contribution in [0, 0.1) is 0 Å². The van der Waals surface area contributed by atoms with E-state index >= 15 is 0 Å². The Hall–Kier alpha value is -1.45. The fourth-order valence-electron chi connectivity index (χ4n) is 1.94. The lowest BCUT2D eigenvalue weighted by Gasteiger charge is -2.16. The molecule has 8 nitrogen and oxygen atoms in total. The summed E-state index contributed by atoms with van der Waals surface area (Å²) in [7, 11) is -2.93. The number of aromatic nitrogens is 1. The fraction of sp³-hybridized carbons (Fsp3) is 0.600. The van der Waals surface area contributed by atoms with Gasteiger partial charge in [-0.15, -0.1) is 0 Å². The molecule has 0 unspecified atom stereocenters. The molecule has 0 radical (unpaired) electrons. The first-order valence-corrected chi connectivity index (χ1v) is 7.71. The number of carbonyl (C=O) groups is 1. The van der Waals surface area contributed by atoms with Crippen molar-refractivity contribution >= 4 is 15.7 Å². The molecule has 3 N–H and O–H groups in total. The molecule has 1 saturated heterocycles. The number of carbonyl (C=O) groups excluding carboxylic acids is 1. The number of nitrogens with two attached hydrogens (primary N) is 1. The predicted octanol–water partition coefficient (Wildman–Crippen LogP) is -1.10. The number of nitrogens with one attached hydrogen (secondary N) is 1. The summed E-state index contributed by atoms with van der Waals surface area (Å²) < 4.78 is 28.0. The van der Waals surface area contributed by atoms with E-state index in [2.05, 4.69) is 5.16 Å². The van der Waals surface area contributed by atoms with Crippen LogP contribution in [-0.2, 0) is 16.4 Å². The second-order valence-electron chi connectivity index (χ2n) is 4.43. The highest BCUT2D eigenvalue weighted by atomic mass is 32.2. The van der Waals surface area contributed by atoms with E-state index in [0.29, 0.717) is 31.8 Å². The molecule has 2 heterocycles. The van der Waals surface area contributed by atoms with Crippen molar-refractivity contribution in [3.8, 4) is 0 Å². The van der Waals surface area contributed by atoms with Gasteiger partial charge in [0.15, 0.2) is 21.3 Å². The molecule has 1 aliphatic rings. The van der Waals surface area contributed by atoms with Crippen LogP contribution in [0.4, 0.5) is 0 Å². The Morgan fingerprint density at radius 3 is 3.00 bits per heavy atom. The van der Waals surface area contributed by atoms with Crippen molar-refractivity contribution in [2.75, 3.05) is 24.6 Å². The van der Waals surface area contributed by atoms with E-state index in [1.54, 1.807) is 0 Å². The van der Waals surface area contributed by atoms with Gasteiger partial charge in [-0.1, -0.05) is 5.16 Å². The number of rotatable bonds is 3. The molecular formula is C10H16N4O4S. The van der Waals surface area contributed by atoms with Gasteiger partial charge >= 0.3 is 0 Å². The Balaban J connectivity index is 1.97. The molecular weight excluding hydrogens is 272 g/mol. The number of hydrogen-bond acceptors (Lipinski definition) is 7. The standard InChI is InChI=1S/C10H16N4O4S/c11-12-10(15)9-6-8(18-13-9)7-14-2-1-4-19(16,17)5-3-14/h6H,1-5,7,11H2,(H,12,15). The summed E-state index contributed by atoms with van der Waals surface area (Å²) in [6.45, 7) is 1.57. The summed E-state index contributed by atoms with van der Waals surface area (Å²) in [6.07, 6.45) is 0.604. The molecule has 1 aliphatic heterocycles. The zero-order valence-electron chi connectivity index (χ0n) is 10.3. The zero-order valence-corrected chi connectivity index (χ0v) is 11.1. The molecule has 0 aliphatic carbocycles. The van der Waals surface area contributed by atoms with Gasteiger partial charge in [-0.3, -0.25) is 15.1 Å². The molecule has 1 aromatic rings. The van der Waals surface area contributed by atoms with E-state index in [9.17, 15) is 13.2 Å². The van der Waals surface area contributed by atoms with Gasteiger partial charge in [0, 0.05) is 12.6 Å². The van der Waals surface area contributed by atoms with Gasteiger partial charge in [-0.25, -0.2) is 14.3 Å². The number of nitrogens with zero attached hydrogens (tertiary/aromatic N) is 2. The first kappa shape index (κ1) is 14.0. The maximum atomic E-state index is 11.5. The number of hydrazine groups is 1. The minimum atomic E-state index is -2.93. The fourth-order valence-corrected chi connectivity index (χ4v) is 3.25. The second kappa shape index (κ2) is 5.68. The number of amides is 1. The van der Waals surface area contributed by atoms with Crippen molar-refractivity contribution in [1.82, 2.24) is 15.5 Å². The van der Waals surface area contributed by atoms with E-state index in [4.69, 9.17) is 10.4 Å². The monoisotopic (exact) mass is 288 g/mol. The van der Waals surface area contributed by atoms with Gasteiger partial charge in [-0.05, 0) is 13.0 Å². The van der Waals surface area contributed by atoms with Gasteiger partial charge in [0.2, 0.25) is 0 Å². The van der Waals surface area contributed by atoms with Gasteiger partial charge < -0.3 is 4.52 Å². The summed E-state index contributed by atoms with van der Waals surface area (Å²) in [5.74, 6) is 5.35.